The molecule has 1 aliphatic rings. The molecular weight excluding hydrogens is 252 g/mol. The van der Waals surface area contributed by atoms with Crippen molar-refractivity contribution in [2.45, 2.75) is 78.1 Å². The molecule has 0 radical (unpaired) electrons. The van der Waals surface area contributed by atoms with Crippen molar-refractivity contribution < 1.29 is 14.9 Å². The van der Waals surface area contributed by atoms with Crippen molar-refractivity contribution >= 4 is 0 Å². The standard InChI is InChI=1S/C17H32O3/c1-4-5-6-7-15-10-14(11-16(15)18)12-17(19)20-9-8-13(2)3/h8,14-19H,4-7,9-12H2,1-3H3. The first-order valence-corrected chi connectivity index (χ1v) is 8.14. The number of ether oxygens (including phenoxy) is 1. The van der Waals surface area contributed by atoms with Crippen LogP contribution in [0.4, 0.5) is 0 Å². The van der Waals surface area contributed by atoms with E-state index in [1.54, 1.807) is 0 Å². The van der Waals surface area contributed by atoms with Gasteiger partial charge >= 0.3 is 0 Å². The van der Waals surface area contributed by atoms with E-state index >= 15 is 0 Å². The summed E-state index contributed by atoms with van der Waals surface area (Å²) in [5.41, 5.74) is 1.20. The van der Waals surface area contributed by atoms with Crippen LogP contribution in [0.5, 0.6) is 0 Å². The highest BCUT2D eigenvalue weighted by atomic mass is 16.6. The fourth-order valence-corrected chi connectivity index (χ4v) is 3.05. The predicted molar refractivity (Wildman–Crippen MR) is 82.4 cm³/mol. The number of aliphatic hydroxyl groups excluding tert-OH is 2. The van der Waals surface area contributed by atoms with Crippen molar-refractivity contribution in [3.05, 3.63) is 11.6 Å². The smallest absolute Gasteiger partial charge is 0.155 e. The molecule has 0 heterocycles. The molecule has 4 unspecified atom stereocenters. The van der Waals surface area contributed by atoms with Gasteiger partial charge in [-0.2, -0.15) is 0 Å². The van der Waals surface area contributed by atoms with Crippen LogP contribution in [0, 0.1) is 11.8 Å². The van der Waals surface area contributed by atoms with E-state index in [1.165, 1.54) is 24.8 Å². The second-order valence-corrected chi connectivity index (χ2v) is 6.47. The van der Waals surface area contributed by atoms with Crippen LogP contribution in [0.3, 0.4) is 0 Å². The Balaban J connectivity index is 2.23. The quantitative estimate of drug-likeness (QED) is 0.386. The van der Waals surface area contributed by atoms with E-state index in [0.717, 1.165) is 19.3 Å². The average Bonchev–Trinajstić information content (AvgIpc) is 2.69. The molecule has 3 nitrogen and oxygen atoms in total. The van der Waals surface area contributed by atoms with Gasteiger partial charge in [0.15, 0.2) is 6.29 Å². The van der Waals surface area contributed by atoms with Gasteiger partial charge in [0.2, 0.25) is 0 Å². The normalized spacial score (nSPS) is 27.6. The highest BCUT2D eigenvalue weighted by molar-refractivity contribution is 4.92. The van der Waals surface area contributed by atoms with E-state index in [0.29, 0.717) is 24.9 Å². The van der Waals surface area contributed by atoms with Gasteiger partial charge in [0, 0.05) is 6.42 Å². The van der Waals surface area contributed by atoms with Gasteiger partial charge in [0.1, 0.15) is 0 Å². The van der Waals surface area contributed by atoms with Crippen LogP contribution in [-0.2, 0) is 4.74 Å². The number of hydrogen-bond acceptors (Lipinski definition) is 3. The van der Waals surface area contributed by atoms with E-state index in [-0.39, 0.29) is 6.10 Å². The SMILES string of the molecule is CCCCCC1CC(CC(O)OCC=C(C)C)CC1O. The van der Waals surface area contributed by atoms with Gasteiger partial charge in [0.05, 0.1) is 12.7 Å². The Morgan fingerprint density at radius 3 is 2.70 bits per heavy atom. The molecule has 0 bridgehead atoms. The van der Waals surface area contributed by atoms with E-state index in [1.807, 2.05) is 19.9 Å². The van der Waals surface area contributed by atoms with Crippen LogP contribution < -0.4 is 0 Å². The summed E-state index contributed by atoms with van der Waals surface area (Å²) in [7, 11) is 0. The van der Waals surface area contributed by atoms with Crippen LogP contribution in [0.2, 0.25) is 0 Å². The van der Waals surface area contributed by atoms with Gasteiger partial charge in [-0.15, -0.1) is 0 Å². The molecule has 1 rings (SSSR count). The van der Waals surface area contributed by atoms with Crippen molar-refractivity contribution in [1.82, 2.24) is 0 Å². The molecule has 0 aromatic carbocycles. The van der Waals surface area contributed by atoms with E-state index in [2.05, 4.69) is 6.92 Å². The topological polar surface area (TPSA) is 49.7 Å². The lowest BCUT2D eigenvalue weighted by atomic mass is 9.96. The van der Waals surface area contributed by atoms with Gasteiger partial charge in [0.25, 0.3) is 0 Å². The molecule has 0 saturated heterocycles. The average molecular weight is 284 g/mol. The largest absolute Gasteiger partial charge is 0.393 e. The molecule has 2 N–H and O–H groups in total. The first-order chi connectivity index (χ1) is 9.52. The van der Waals surface area contributed by atoms with Crippen molar-refractivity contribution in [2.24, 2.45) is 11.8 Å². The van der Waals surface area contributed by atoms with Gasteiger partial charge in [-0.3, -0.25) is 0 Å². The highest BCUT2D eigenvalue weighted by Crippen LogP contribution is 2.37. The van der Waals surface area contributed by atoms with Crippen LogP contribution >= 0.6 is 0 Å². The summed E-state index contributed by atoms with van der Waals surface area (Å²) >= 11 is 0. The van der Waals surface area contributed by atoms with Gasteiger partial charge in [-0.1, -0.05) is 37.8 Å². The van der Waals surface area contributed by atoms with Crippen molar-refractivity contribution in [2.75, 3.05) is 6.61 Å². The Labute approximate surface area is 124 Å². The third-order valence-corrected chi connectivity index (χ3v) is 4.25. The number of allylic oxidation sites excluding steroid dienone is 1. The van der Waals surface area contributed by atoms with Crippen LogP contribution in [-0.4, -0.2) is 29.2 Å². The molecule has 0 aromatic heterocycles. The van der Waals surface area contributed by atoms with Crippen LogP contribution in [0.25, 0.3) is 0 Å². The Hall–Kier alpha value is -0.380. The maximum Gasteiger partial charge on any atom is 0.155 e. The Kier molecular flexibility index (Phi) is 8.43. The molecule has 0 spiro atoms. The van der Waals surface area contributed by atoms with Crippen molar-refractivity contribution in [3.63, 3.8) is 0 Å². The summed E-state index contributed by atoms with van der Waals surface area (Å²) in [5.74, 6) is 0.829. The molecule has 3 heteroatoms. The van der Waals surface area contributed by atoms with Crippen LogP contribution in [0.1, 0.15) is 65.7 Å². The zero-order valence-corrected chi connectivity index (χ0v) is 13.3. The lowest BCUT2D eigenvalue weighted by Crippen LogP contribution is -2.16. The number of aliphatic hydroxyl groups is 2. The third kappa shape index (κ3) is 6.87. The van der Waals surface area contributed by atoms with E-state index in [4.69, 9.17) is 4.74 Å². The number of rotatable bonds is 9. The molecule has 4 atom stereocenters. The second kappa shape index (κ2) is 9.54. The summed E-state index contributed by atoms with van der Waals surface area (Å²) in [5, 5.41) is 20.0. The number of hydrogen-bond donors (Lipinski definition) is 2. The molecule has 20 heavy (non-hydrogen) atoms. The summed E-state index contributed by atoms with van der Waals surface area (Å²) in [6.45, 7) is 6.71. The first kappa shape index (κ1) is 17.7. The summed E-state index contributed by atoms with van der Waals surface area (Å²) < 4.78 is 5.38. The molecule has 1 fully saturated rings. The molecular formula is C17H32O3. The first-order valence-electron chi connectivity index (χ1n) is 8.14. The minimum atomic E-state index is -0.697. The van der Waals surface area contributed by atoms with Gasteiger partial charge in [-0.05, 0) is 44.9 Å². The fraction of sp³-hybridized carbons (Fsp3) is 0.882. The summed E-state index contributed by atoms with van der Waals surface area (Å²) in [6.07, 6.45) is 8.42. The Morgan fingerprint density at radius 1 is 1.30 bits per heavy atom. The zero-order valence-electron chi connectivity index (χ0n) is 13.3. The number of unbranched alkanes of at least 4 members (excludes halogenated alkanes) is 2. The van der Waals surface area contributed by atoms with Crippen LogP contribution in [0.15, 0.2) is 11.6 Å². The van der Waals surface area contributed by atoms with Gasteiger partial charge in [-0.25, -0.2) is 0 Å². The third-order valence-electron chi connectivity index (χ3n) is 4.25. The monoisotopic (exact) mass is 284 g/mol. The van der Waals surface area contributed by atoms with Crippen molar-refractivity contribution in [1.29, 1.82) is 0 Å². The fourth-order valence-electron chi connectivity index (χ4n) is 3.05. The molecule has 118 valence electrons. The van der Waals surface area contributed by atoms with E-state index < -0.39 is 6.29 Å². The van der Waals surface area contributed by atoms with Crippen molar-refractivity contribution in [3.8, 4) is 0 Å². The lowest BCUT2D eigenvalue weighted by Gasteiger charge is -2.16. The Bertz CT molecular complexity index is 284. The highest BCUT2D eigenvalue weighted by Gasteiger charge is 2.33. The van der Waals surface area contributed by atoms with E-state index in [9.17, 15) is 10.2 Å². The summed E-state index contributed by atoms with van der Waals surface area (Å²) in [6, 6.07) is 0. The molecule has 0 aromatic rings. The second-order valence-electron chi connectivity index (χ2n) is 6.47. The predicted octanol–water partition coefficient (Wildman–Crippen LogP) is 3.65. The van der Waals surface area contributed by atoms with Gasteiger partial charge < -0.3 is 14.9 Å². The maximum absolute atomic E-state index is 10.1. The summed E-state index contributed by atoms with van der Waals surface area (Å²) in [4.78, 5) is 0. The molecule has 0 aliphatic heterocycles. The minimum absolute atomic E-state index is 0.179. The molecule has 0 amide bonds. The minimum Gasteiger partial charge on any atom is -0.393 e. The molecule has 1 saturated carbocycles. The lowest BCUT2D eigenvalue weighted by molar-refractivity contribution is -0.101. The molecule has 1 aliphatic carbocycles. The maximum atomic E-state index is 10.1. The Morgan fingerprint density at radius 2 is 2.05 bits per heavy atom. The zero-order chi connectivity index (χ0) is 15.0.